The van der Waals surface area contributed by atoms with Gasteiger partial charge in [0.15, 0.2) is 0 Å². The van der Waals surface area contributed by atoms with E-state index in [1.165, 1.54) is 19.1 Å². The standard InChI is InChI=1S/C18H19FN4O2/c1-13(24)22-8-10-23(11-9-22)18(25)16-6-3-7-20-17(16)21-15-5-2-4-14(19)12-15/h2-7,12H,8-11H2,1H3,(H,20,21). The summed E-state index contributed by atoms with van der Waals surface area (Å²) in [6.07, 6.45) is 1.58. The van der Waals surface area contributed by atoms with Crippen LogP contribution in [0.3, 0.4) is 0 Å². The molecule has 0 bridgehead atoms. The maximum absolute atomic E-state index is 13.4. The van der Waals surface area contributed by atoms with Crippen LogP contribution >= 0.6 is 0 Å². The van der Waals surface area contributed by atoms with Crippen molar-refractivity contribution in [1.29, 1.82) is 0 Å². The molecule has 2 heterocycles. The van der Waals surface area contributed by atoms with Crippen molar-refractivity contribution < 1.29 is 14.0 Å². The number of piperazine rings is 1. The fourth-order valence-electron chi connectivity index (χ4n) is 2.78. The Morgan fingerprint density at radius 2 is 1.80 bits per heavy atom. The Bertz CT molecular complexity index is 788. The number of hydrogen-bond donors (Lipinski definition) is 1. The zero-order valence-electron chi connectivity index (χ0n) is 13.9. The third-order valence-corrected chi connectivity index (χ3v) is 4.14. The minimum absolute atomic E-state index is 0.0157. The van der Waals surface area contributed by atoms with E-state index in [0.717, 1.165) is 0 Å². The van der Waals surface area contributed by atoms with Crippen molar-refractivity contribution in [3.8, 4) is 0 Å². The first kappa shape index (κ1) is 16.9. The van der Waals surface area contributed by atoms with Crippen LogP contribution in [-0.2, 0) is 4.79 Å². The monoisotopic (exact) mass is 342 g/mol. The first-order valence-electron chi connectivity index (χ1n) is 8.07. The molecule has 1 saturated heterocycles. The summed E-state index contributed by atoms with van der Waals surface area (Å²) in [5.41, 5.74) is 0.942. The van der Waals surface area contributed by atoms with Crippen LogP contribution < -0.4 is 5.32 Å². The van der Waals surface area contributed by atoms with Crippen molar-refractivity contribution in [3.05, 3.63) is 54.0 Å². The molecular formula is C18H19FN4O2. The summed E-state index contributed by atoms with van der Waals surface area (Å²) < 4.78 is 13.4. The average Bonchev–Trinajstić information content (AvgIpc) is 2.62. The first-order chi connectivity index (χ1) is 12.0. The van der Waals surface area contributed by atoms with Crippen molar-refractivity contribution in [1.82, 2.24) is 14.8 Å². The summed E-state index contributed by atoms with van der Waals surface area (Å²) in [5, 5.41) is 3.00. The van der Waals surface area contributed by atoms with Crippen LogP contribution in [0.5, 0.6) is 0 Å². The molecule has 1 aromatic heterocycles. The second-order valence-electron chi connectivity index (χ2n) is 5.83. The number of anilines is 2. The number of benzene rings is 1. The number of amides is 2. The molecule has 0 unspecified atom stereocenters. The van der Waals surface area contributed by atoms with Crippen LogP contribution in [0.2, 0.25) is 0 Å². The summed E-state index contributed by atoms with van der Waals surface area (Å²) in [5.74, 6) is -0.126. The Kier molecular flexibility index (Phi) is 4.92. The van der Waals surface area contributed by atoms with Crippen molar-refractivity contribution in [2.24, 2.45) is 0 Å². The molecule has 1 N–H and O–H groups in total. The maximum atomic E-state index is 13.4. The molecule has 3 rings (SSSR count). The van der Waals surface area contributed by atoms with E-state index in [1.54, 1.807) is 40.3 Å². The van der Waals surface area contributed by atoms with Crippen molar-refractivity contribution in [2.45, 2.75) is 6.92 Å². The van der Waals surface area contributed by atoms with Crippen molar-refractivity contribution in [3.63, 3.8) is 0 Å². The number of carbonyl (C=O) groups excluding carboxylic acids is 2. The highest BCUT2D eigenvalue weighted by Gasteiger charge is 2.25. The minimum Gasteiger partial charge on any atom is -0.339 e. The summed E-state index contributed by atoms with van der Waals surface area (Å²) in [6, 6.07) is 9.36. The lowest BCUT2D eigenvalue weighted by atomic mass is 10.2. The third-order valence-electron chi connectivity index (χ3n) is 4.14. The van der Waals surface area contributed by atoms with Crippen LogP contribution in [0.15, 0.2) is 42.6 Å². The lowest BCUT2D eigenvalue weighted by Gasteiger charge is -2.34. The molecule has 0 aliphatic carbocycles. The van der Waals surface area contributed by atoms with Crippen molar-refractivity contribution in [2.75, 3.05) is 31.5 Å². The minimum atomic E-state index is -0.367. The van der Waals surface area contributed by atoms with Gasteiger partial charge in [-0.15, -0.1) is 0 Å². The lowest BCUT2D eigenvalue weighted by Crippen LogP contribution is -2.50. The van der Waals surface area contributed by atoms with Gasteiger partial charge in [-0.05, 0) is 30.3 Å². The Labute approximate surface area is 145 Å². The summed E-state index contributed by atoms with van der Waals surface area (Å²) in [7, 11) is 0. The predicted molar refractivity (Wildman–Crippen MR) is 92.1 cm³/mol. The highest BCUT2D eigenvalue weighted by molar-refractivity contribution is 5.99. The SMILES string of the molecule is CC(=O)N1CCN(C(=O)c2cccnc2Nc2cccc(F)c2)CC1. The molecule has 130 valence electrons. The molecule has 7 heteroatoms. The Morgan fingerprint density at radius 3 is 2.48 bits per heavy atom. The predicted octanol–water partition coefficient (Wildman–Crippen LogP) is 2.27. The molecule has 1 fully saturated rings. The highest BCUT2D eigenvalue weighted by Crippen LogP contribution is 2.21. The van der Waals surface area contributed by atoms with Gasteiger partial charge < -0.3 is 15.1 Å². The second-order valence-corrected chi connectivity index (χ2v) is 5.83. The van der Waals surface area contributed by atoms with E-state index in [1.807, 2.05) is 0 Å². The van der Waals surface area contributed by atoms with Gasteiger partial charge in [-0.3, -0.25) is 9.59 Å². The average molecular weight is 342 g/mol. The number of hydrogen-bond acceptors (Lipinski definition) is 4. The van der Waals surface area contributed by atoms with Gasteiger partial charge in [-0.2, -0.15) is 0 Å². The van der Waals surface area contributed by atoms with Crippen LogP contribution in [0, 0.1) is 5.82 Å². The molecule has 6 nitrogen and oxygen atoms in total. The number of nitrogens with zero attached hydrogens (tertiary/aromatic N) is 3. The number of aromatic nitrogens is 1. The smallest absolute Gasteiger partial charge is 0.257 e. The van der Waals surface area contributed by atoms with E-state index < -0.39 is 0 Å². The van der Waals surface area contributed by atoms with Gasteiger partial charge in [-0.25, -0.2) is 9.37 Å². The zero-order chi connectivity index (χ0) is 17.8. The van der Waals surface area contributed by atoms with E-state index >= 15 is 0 Å². The molecule has 25 heavy (non-hydrogen) atoms. The van der Waals surface area contributed by atoms with Gasteiger partial charge in [0.05, 0.1) is 5.56 Å². The second kappa shape index (κ2) is 7.29. The van der Waals surface area contributed by atoms with E-state index in [2.05, 4.69) is 10.3 Å². The van der Waals surface area contributed by atoms with E-state index in [9.17, 15) is 14.0 Å². The number of rotatable bonds is 3. The highest BCUT2D eigenvalue weighted by atomic mass is 19.1. The molecule has 0 atom stereocenters. The van der Waals surface area contributed by atoms with Crippen LogP contribution in [0.25, 0.3) is 0 Å². The Morgan fingerprint density at radius 1 is 1.08 bits per heavy atom. The molecular weight excluding hydrogens is 323 g/mol. The number of nitrogens with one attached hydrogen (secondary N) is 1. The summed E-state index contributed by atoms with van der Waals surface area (Å²) in [6.45, 7) is 3.53. The normalized spacial score (nSPS) is 14.3. The fraction of sp³-hybridized carbons (Fsp3) is 0.278. The number of pyridine rings is 1. The largest absolute Gasteiger partial charge is 0.339 e. The molecule has 2 amide bonds. The van der Waals surface area contributed by atoms with Gasteiger partial charge >= 0.3 is 0 Å². The molecule has 1 aliphatic heterocycles. The summed E-state index contributed by atoms with van der Waals surface area (Å²) >= 11 is 0. The van der Waals surface area contributed by atoms with E-state index in [4.69, 9.17) is 0 Å². The maximum Gasteiger partial charge on any atom is 0.257 e. The van der Waals surface area contributed by atoms with Gasteiger partial charge in [-0.1, -0.05) is 6.07 Å². The van der Waals surface area contributed by atoms with Crippen LogP contribution in [-0.4, -0.2) is 52.8 Å². The topological polar surface area (TPSA) is 65.5 Å². The summed E-state index contributed by atoms with van der Waals surface area (Å²) in [4.78, 5) is 31.9. The quantitative estimate of drug-likeness (QED) is 0.929. The molecule has 1 aromatic carbocycles. The van der Waals surface area contributed by atoms with E-state index in [-0.39, 0.29) is 17.6 Å². The van der Waals surface area contributed by atoms with Crippen LogP contribution in [0.1, 0.15) is 17.3 Å². The molecule has 0 spiro atoms. The number of halogens is 1. The van der Waals surface area contributed by atoms with Crippen LogP contribution in [0.4, 0.5) is 15.9 Å². The van der Waals surface area contributed by atoms with Gasteiger partial charge in [0, 0.05) is 45.0 Å². The molecule has 0 radical (unpaired) electrons. The van der Waals surface area contributed by atoms with Gasteiger partial charge in [0.25, 0.3) is 5.91 Å². The molecule has 0 saturated carbocycles. The van der Waals surface area contributed by atoms with Gasteiger partial charge in [0.2, 0.25) is 5.91 Å². The third kappa shape index (κ3) is 3.93. The Balaban J connectivity index is 1.76. The van der Waals surface area contributed by atoms with E-state index in [0.29, 0.717) is 43.2 Å². The fourth-order valence-corrected chi connectivity index (χ4v) is 2.78. The Hall–Kier alpha value is -2.96. The number of carbonyl (C=O) groups is 2. The molecule has 2 aromatic rings. The lowest BCUT2D eigenvalue weighted by molar-refractivity contribution is -0.130. The van der Waals surface area contributed by atoms with Crippen molar-refractivity contribution >= 4 is 23.3 Å². The molecule has 1 aliphatic rings. The zero-order valence-corrected chi connectivity index (χ0v) is 13.9. The van der Waals surface area contributed by atoms with Gasteiger partial charge in [0.1, 0.15) is 11.6 Å². The first-order valence-corrected chi connectivity index (χ1v) is 8.07.